The number of hydrogen-bond donors (Lipinski definition) is 1. The Morgan fingerprint density at radius 1 is 1.07 bits per heavy atom. The first kappa shape index (κ1) is 20.7. The summed E-state index contributed by atoms with van der Waals surface area (Å²) < 4.78 is 18.5. The van der Waals surface area contributed by atoms with Gasteiger partial charge in [-0.2, -0.15) is 0 Å². The summed E-state index contributed by atoms with van der Waals surface area (Å²) in [6, 6.07) is 12.7. The molecule has 5 nitrogen and oxygen atoms in total. The van der Waals surface area contributed by atoms with Crippen molar-refractivity contribution in [3.05, 3.63) is 64.9 Å². The lowest BCUT2D eigenvalue weighted by Gasteiger charge is -2.38. The Kier molecular flexibility index (Phi) is 7.39. The molecule has 1 aliphatic heterocycles. The molecule has 0 spiro atoms. The van der Waals surface area contributed by atoms with Crippen molar-refractivity contribution in [2.24, 2.45) is 0 Å². The molecule has 2 aromatic carbocycles. The molecule has 1 heterocycles. The lowest BCUT2D eigenvalue weighted by atomic mass is 10.1. The molecule has 1 fully saturated rings. The van der Waals surface area contributed by atoms with Crippen molar-refractivity contribution in [1.29, 1.82) is 0 Å². The van der Waals surface area contributed by atoms with Gasteiger partial charge in [0.1, 0.15) is 18.2 Å². The van der Waals surface area contributed by atoms with Crippen LogP contribution in [0.15, 0.2) is 48.5 Å². The highest BCUT2D eigenvalue weighted by Crippen LogP contribution is 2.16. The molecule has 0 amide bonds. The first-order valence-electron chi connectivity index (χ1n) is 9.28. The van der Waals surface area contributed by atoms with Gasteiger partial charge in [-0.25, -0.2) is 4.39 Å². The Morgan fingerprint density at radius 2 is 1.71 bits per heavy atom. The number of ketones is 1. The van der Waals surface area contributed by atoms with Crippen LogP contribution in [0.1, 0.15) is 5.56 Å². The maximum atomic E-state index is 13.0. The van der Waals surface area contributed by atoms with E-state index in [0.717, 1.165) is 25.2 Å². The molecule has 28 heavy (non-hydrogen) atoms. The van der Waals surface area contributed by atoms with Crippen LogP contribution in [0.5, 0.6) is 5.75 Å². The molecule has 1 unspecified atom stereocenters. The van der Waals surface area contributed by atoms with Crippen LogP contribution in [-0.4, -0.2) is 66.1 Å². The molecule has 1 aliphatic rings. The highest BCUT2D eigenvalue weighted by atomic mass is 35.5. The van der Waals surface area contributed by atoms with Gasteiger partial charge in [-0.15, -0.1) is 0 Å². The third kappa shape index (κ3) is 5.75. The summed E-state index contributed by atoms with van der Waals surface area (Å²) in [6.45, 7) is 3.32. The zero-order valence-corrected chi connectivity index (χ0v) is 16.3. The van der Waals surface area contributed by atoms with E-state index in [1.807, 2.05) is 4.90 Å². The first-order chi connectivity index (χ1) is 13.5. The molecule has 1 atom stereocenters. The molecule has 0 aliphatic carbocycles. The van der Waals surface area contributed by atoms with Gasteiger partial charge in [0.2, 0.25) is 0 Å². The Bertz CT molecular complexity index is 762. The van der Waals surface area contributed by atoms with Crippen molar-refractivity contribution < 1.29 is 19.0 Å². The molecule has 0 aromatic heterocycles. The van der Waals surface area contributed by atoms with Crippen LogP contribution in [0.3, 0.4) is 0 Å². The molecule has 0 saturated carbocycles. The van der Waals surface area contributed by atoms with Crippen molar-refractivity contribution in [3.63, 3.8) is 0 Å². The van der Waals surface area contributed by atoms with Crippen LogP contribution in [0.2, 0.25) is 5.02 Å². The number of aliphatic hydroxyl groups excluding tert-OH is 1. The summed E-state index contributed by atoms with van der Waals surface area (Å²) in [5, 5.41) is 10.3. The first-order valence-corrected chi connectivity index (χ1v) is 9.66. The fourth-order valence-electron chi connectivity index (χ4n) is 3.28. The van der Waals surface area contributed by atoms with Crippen molar-refractivity contribution in [2.45, 2.75) is 12.6 Å². The number of nitrogens with zero attached hydrogens (tertiary/aromatic N) is 2. The number of piperazine rings is 1. The number of Topliss-reactive ketones (excluding diaryl/α,β-unsaturated/α-hetero) is 1. The molecule has 0 radical (unpaired) electrons. The topological polar surface area (TPSA) is 53.0 Å². The van der Waals surface area contributed by atoms with Crippen molar-refractivity contribution in [1.82, 2.24) is 9.80 Å². The van der Waals surface area contributed by atoms with Gasteiger partial charge >= 0.3 is 0 Å². The van der Waals surface area contributed by atoms with Crippen molar-refractivity contribution >= 4 is 17.4 Å². The molecule has 2 aromatic rings. The third-order valence-corrected chi connectivity index (χ3v) is 5.16. The fourth-order valence-corrected chi connectivity index (χ4v) is 3.41. The Morgan fingerprint density at radius 3 is 2.32 bits per heavy atom. The van der Waals surface area contributed by atoms with E-state index in [4.69, 9.17) is 16.3 Å². The maximum Gasteiger partial charge on any atom is 0.189 e. The Labute approximate surface area is 169 Å². The Hall–Kier alpha value is -1.99. The minimum absolute atomic E-state index is 0.0946. The van der Waals surface area contributed by atoms with Gasteiger partial charge in [0.25, 0.3) is 0 Å². The average molecular weight is 407 g/mol. The van der Waals surface area contributed by atoms with E-state index in [2.05, 4.69) is 4.90 Å². The standard InChI is InChI=1S/C21H24ClFN2O3/c22-17-3-7-19(8-4-17)28-15-21(27)20(14-26)25-11-9-24(10-12-25)13-16-1-5-18(23)6-2-16/h1-8,20,26H,9-15H2. The summed E-state index contributed by atoms with van der Waals surface area (Å²) in [4.78, 5) is 16.8. The van der Waals surface area contributed by atoms with Crippen LogP contribution in [0.4, 0.5) is 4.39 Å². The third-order valence-electron chi connectivity index (χ3n) is 4.91. The van der Waals surface area contributed by atoms with Gasteiger partial charge in [-0.1, -0.05) is 23.7 Å². The van der Waals surface area contributed by atoms with Crippen molar-refractivity contribution in [3.8, 4) is 5.75 Å². The van der Waals surface area contributed by atoms with E-state index < -0.39 is 6.04 Å². The van der Waals surface area contributed by atoms with E-state index in [1.54, 1.807) is 36.4 Å². The predicted molar refractivity (Wildman–Crippen MR) is 106 cm³/mol. The van der Waals surface area contributed by atoms with E-state index in [1.165, 1.54) is 12.1 Å². The van der Waals surface area contributed by atoms with E-state index in [9.17, 15) is 14.3 Å². The maximum absolute atomic E-state index is 13.0. The summed E-state index contributed by atoms with van der Waals surface area (Å²) in [6.07, 6.45) is 0. The summed E-state index contributed by atoms with van der Waals surface area (Å²) >= 11 is 5.84. The largest absolute Gasteiger partial charge is 0.486 e. The molecule has 7 heteroatoms. The van der Waals surface area contributed by atoms with Crippen LogP contribution in [-0.2, 0) is 11.3 Å². The number of rotatable bonds is 8. The summed E-state index contributed by atoms with van der Waals surface area (Å²) in [7, 11) is 0. The normalized spacial score (nSPS) is 16.7. The highest BCUT2D eigenvalue weighted by molar-refractivity contribution is 6.30. The minimum Gasteiger partial charge on any atom is -0.486 e. The fraction of sp³-hybridized carbons (Fsp3) is 0.381. The number of carbonyl (C=O) groups is 1. The summed E-state index contributed by atoms with van der Waals surface area (Å²) in [5.41, 5.74) is 1.06. The molecule has 150 valence electrons. The molecule has 1 N–H and O–H groups in total. The second-order valence-corrected chi connectivity index (χ2v) is 7.28. The van der Waals surface area contributed by atoms with Gasteiger partial charge in [0.15, 0.2) is 5.78 Å². The highest BCUT2D eigenvalue weighted by Gasteiger charge is 2.28. The second kappa shape index (κ2) is 9.98. The van der Waals surface area contributed by atoms with Crippen LogP contribution < -0.4 is 4.74 Å². The van der Waals surface area contributed by atoms with Crippen LogP contribution in [0, 0.1) is 5.82 Å². The van der Waals surface area contributed by atoms with Gasteiger partial charge in [0.05, 0.1) is 12.6 Å². The van der Waals surface area contributed by atoms with Crippen LogP contribution >= 0.6 is 11.6 Å². The van der Waals surface area contributed by atoms with Crippen LogP contribution in [0.25, 0.3) is 0 Å². The monoisotopic (exact) mass is 406 g/mol. The smallest absolute Gasteiger partial charge is 0.189 e. The number of aliphatic hydroxyl groups is 1. The number of ether oxygens (including phenoxy) is 1. The van der Waals surface area contributed by atoms with Gasteiger partial charge in [-0.3, -0.25) is 14.6 Å². The molecular weight excluding hydrogens is 383 g/mol. The molecule has 0 bridgehead atoms. The molecule has 1 saturated heterocycles. The summed E-state index contributed by atoms with van der Waals surface area (Å²) in [5.74, 6) is 0.182. The SMILES string of the molecule is O=C(COc1ccc(Cl)cc1)C(CO)N1CCN(Cc2ccc(F)cc2)CC1. The lowest BCUT2D eigenvalue weighted by Crippen LogP contribution is -2.54. The Balaban J connectivity index is 1.47. The zero-order chi connectivity index (χ0) is 19.9. The molecular formula is C21H24ClFN2O3. The van der Waals surface area contributed by atoms with Gasteiger partial charge in [0, 0.05) is 37.7 Å². The van der Waals surface area contributed by atoms with E-state index >= 15 is 0 Å². The van der Waals surface area contributed by atoms with E-state index in [0.29, 0.717) is 23.9 Å². The predicted octanol–water partition coefficient (Wildman–Crippen LogP) is 2.61. The van der Waals surface area contributed by atoms with E-state index in [-0.39, 0.29) is 24.8 Å². The van der Waals surface area contributed by atoms with Gasteiger partial charge < -0.3 is 9.84 Å². The van der Waals surface area contributed by atoms with Gasteiger partial charge in [-0.05, 0) is 42.0 Å². The average Bonchev–Trinajstić information content (AvgIpc) is 2.71. The number of carbonyl (C=O) groups excluding carboxylic acids is 1. The molecule has 3 rings (SSSR count). The minimum atomic E-state index is -0.569. The number of hydrogen-bond acceptors (Lipinski definition) is 5. The zero-order valence-electron chi connectivity index (χ0n) is 15.6. The number of benzene rings is 2. The van der Waals surface area contributed by atoms with Crippen molar-refractivity contribution in [2.75, 3.05) is 39.4 Å². The number of halogens is 2. The quantitative estimate of drug-likeness (QED) is 0.730. The lowest BCUT2D eigenvalue weighted by molar-refractivity contribution is -0.128. The second-order valence-electron chi connectivity index (χ2n) is 6.85.